The Hall–Kier alpha value is -3.41. The molecule has 1 unspecified atom stereocenters. The average Bonchev–Trinajstić information content (AvgIpc) is 3.43. The molecule has 1 N–H and O–H groups in total. The van der Waals surface area contributed by atoms with Crippen LogP contribution in [0.4, 0.5) is 0 Å². The maximum Gasteiger partial charge on any atom is 0.278 e. The van der Waals surface area contributed by atoms with Crippen molar-refractivity contribution in [1.82, 2.24) is 30.2 Å². The number of amides is 4. The molecule has 0 aliphatic carbocycles. The summed E-state index contributed by atoms with van der Waals surface area (Å²) in [5.74, 6) is -1.27. The molecule has 0 saturated carbocycles. The summed E-state index contributed by atoms with van der Waals surface area (Å²) in [5.41, 5.74) is 0.660. The van der Waals surface area contributed by atoms with Gasteiger partial charge in [-0.25, -0.2) is 4.98 Å². The van der Waals surface area contributed by atoms with E-state index >= 15 is 0 Å². The molecular formula is C19H18N6O5S. The molecule has 0 spiro atoms. The topological polar surface area (TPSA) is 139 Å². The van der Waals surface area contributed by atoms with Gasteiger partial charge in [0.15, 0.2) is 0 Å². The van der Waals surface area contributed by atoms with Gasteiger partial charge in [0.25, 0.3) is 11.8 Å². The maximum atomic E-state index is 13.2. The Balaban J connectivity index is 1.38. The van der Waals surface area contributed by atoms with Gasteiger partial charge in [0.1, 0.15) is 11.7 Å². The van der Waals surface area contributed by atoms with Crippen molar-refractivity contribution in [3.63, 3.8) is 0 Å². The highest BCUT2D eigenvalue weighted by atomic mass is 32.1. The van der Waals surface area contributed by atoms with Crippen LogP contribution < -0.4 is 5.32 Å². The molecule has 1 atom stereocenters. The van der Waals surface area contributed by atoms with E-state index in [2.05, 4.69) is 20.4 Å². The predicted molar refractivity (Wildman–Crippen MR) is 105 cm³/mol. The number of carbonyl (C=O) groups excluding carboxylic acids is 4. The third kappa shape index (κ3) is 3.32. The van der Waals surface area contributed by atoms with Crippen LogP contribution >= 0.6 is 11.3 Å². The zero-order valence-electron chi connectivity index (χ0n) is 16.6. The minimum Gasteiger partial charge on any atom is -0.357 e. The van der Waals surface area contributed by atoms with Crippen LogP contribution in [0, 0.1) is 6.92 Å². The number of nitrogens with zero attached hydrogens (tertiary/aromatic N) is 5. The molecule has 5 heterocycles. The summed E-state index contributed by atoms with van der Waals surface area (Å²) in [6.07, 6.45) is 3.02. The lowest BCUT2D eigenvalue weighted by molar-refractivity contribution is -0.150. The van der Waals surface area contributed by atoms with E-state index in [0.717, 1.165) is 14.8 Å². The SMILES string of the molecule is Cc1ncc(-c2noc(CN3CCCC4=C3C(=O)N(C3CCC(=O)NC3=O)C4=O)n2)s1. The van der Waals surface area contributed by atoms with E-state index in [0.29, 0.717) is 36.7 Å². The van der Waals surface area contributed by atoms with Gasteiger partial charge in [0.2, 0.25) is 23.5 Å². The van der Waals surface area contributed by atoms with Gasteiger partial charge in [-0.05, 0) is 26.2 Å². The number of aryl methyl sites for hydroxylation is 1. The Kier molecular flexibility index (Phi) is 4.65. The number of hydrogen-bond acceptors (Lipinski definition) is 10. The molecule has 2 aromatic rings. The van der Waals surface area contributed by atoms with Crippen LogP contribution in [0.2, 0.25) is 0 Å². The molecule has 0 bridgehead atoms. The first-order valence-corrected chi connectivity index (χ1v) is 10.7. The Bertz CT molecular complexity index is 1150. The van der Waals surface area contributed by atoms with E-state index in [-0.39, 0.29) is 25.1 Å². The van der Waals surface area contributed by atoms with Crippen LogP contribution in [0.1, 0.15) is 36.6 Å². The van der Waals surface area contributed by atoms with Gasteiger partial charge in [-0.3, -0.25) is 29.4 Å². The van der Waals surface area contributed by atoms with Crippen LogP contribution in [0.5, 0.6) is 0 Å². The highest BCUT2D eigenvalue weighted by Gasteiger charge is 2.48. The zero-order valence-corrected chi connectivity index (χ0v) is 17.4. The Morgan fingerprint density at radius 1 is 1.23 bits per heavy atom. The number of piperidine rings is 1. The second kappa shape index (κ2) is 7.38. The molecule has 12 heteroatoms. The number of nitrogens with one attached hydrogen (secondary N) is 1. The molecule has 5 rings (SSSR count). The van der Waals surface area contributed by atoms with Crippen molar-refractivity contribution in [3.8, 4) is 10.7 Å². The second-order valence-corrected chi connectivity index (χ2v) is 8.79. The summed E-state index contributed by atoms with van der Waals surface area (Å²) < 4.78 is 5.36. The zero-order chi connectivity index (χ0) is 21.7. The number of carbonyl (C=O) groups is 4. The molecule has 1 saturated heterocycles. The summed E-state index contributed by atoms with van der Waals surface area (Å²) in [5, 5.41) is 7.08. The van der Waals surface area contributed by atoms with E-state index in [1.54, 1.807) is 11.1 Å². The molecule has 31 heavy (non-hydrogen) atoms. The van der Waals surface area contributed by atoms with E-state index in [1.807, 2.05) is 6.92 Å². The van der Waals surface area contributed by atoms with Crippen molar-refractivity contribution in [2.45, 2.75) is 45.2 Å². The Labute approximate surface area is 180 Å². The van der Waals surface area contributed by atoms with Crippen molar-refractivity contribution in [2.24, 2.45) is 0 Å². The third-order valence-electron chi connectivity index (χ3n) is 5.51. The van der Waals surface area contributed by atoms with Crippen LogP contribution in [0.3, 0.4) is 0 Å². The second-order valence-electron chi connectivity index (χ2n) is 7.55. The smallest absolute Gasteiger partial charge is 0.278 e. The quantitative estimate of drug-likeness (QED) is 0.672. The van der Waals surface area contributed by atoms with E-state index in [1.165, 1.54) is 11.3 Å². The van der Waals surface area contributed by atoms with Gasteiger partial charge in [-0.15, -0.1) is 11.3 Å². The standard InChI is InChI=1S/C19H18N6O5S/c1-9-20-7-12(31-9)16-22-14(30-23-16)8-24-6-2-3-10-15(24)19(29)25(18(10)28)11-4-5-13(26)21-17(11)27/h7,11H,2-6,8H2,1H3,(H,21,26,27). The van der Waals surface area contributed by atoms with Gasteiger partial charge in [0.05, 0.1) is 16.4 Å². The summed E-state index contributed by atoms with van der Waals surface area (Å²) in [4.78, 5) is 61.9. The average molecular weight is 442 g/mol. The van der Waals surface area contributed by atoms with Gasteiger partial charge in [-0.2, -0.15) is 4.98 Å². The minimum atomic E-state index is -0.977. The third-order valence-corrected chi connectivity index (χ3v) is 6.42. The summed E-state index contributed by atoms with van der Waals surface area (Å²) in [6.45, 7) is 2.60. The van der Waals surface area contributed by atoms with Gasteiger partial charge < -0.3 is 9.42 Å². The number of rotatable bonds is 4. The summed E-state index contributed by atoms with van der Waals surface area (Å²) in [7, 11) is 0. The normalized spacial score (nSPS) is 21.8. The molecule has 0 aromatic carbocycles. The molecule has 0 radical (unpaired) electrons. The number of hydrogen-bond donors (Lipinski definition) is 1. The van der Waals surface area contributed by atoms with Crippen molar-refractivity contribution < 1.29 is 23.7 Å². The van der Waals surface area contributed by atoms with Crippen LogP contribution in [-0.2, 0) is 25.7 Å². The van der Waals surface area contributed by atoms with E-state index in [9.17, 15) is 19.2 Å². The van der Waals surface area contributed by atoms with Gasteiger partial charge in [-0.1, -0.05) is 5.16 Å². The number of thiazole rings is 1. The maximum absolute atomic E-state index is 13.2. The Morgan fingerprint density at radius 2 is 2.06 bits per heavy atom. The van der Waals surface area contributed by atoms with Gasteiger partial charge in [0, 0.05) is 24.7 Å². The minimum absolute atomic E-state index is 0.0870. The van der Waals surface area contributed by atoms with Crippen molar-refractivity contribution in [3.05, 3.63) is 28.4 Å². The Morgan fingerprint density at radius 3 is 2.81 bits per heavy atom. The summed E-state index contributed by atoms with van der Waals surface area (Å²) in [6, 6.07) is -0.977. The predicted octanol–water partition coefficient (Wildman–Crippen LogP) is 0.525. The van der Waals surface area contributed by atoms with Gasteiger partial charge >= 0.3 is 0 Å². The van der Waals surface area contributed by atoms with E-state index < -0.39 is 29.7 Å². The first kappa shape index (κ1) is 19.5. The van der Waals surface area contributed by atoms with Crippen LogP contribution in [-0.4, -0.2) is 61.1 Å². The van der Waals surface area contributed by atoms with Crippen molar-refractivity contribution >= 4 is 35.0 Å². The fourth-order valence-electron chi connectivity index (χ4n) is 4.11. The first-order valence-electron chi connectivity index (χ1n) is 9.87. The van der Waals surface area contributed by atoms with Crippen molar-refractivity contribution in [2.75, 3.05) is 6.54 Å². The number of aromatic nitrogens is 3. The molecule has 11 nitrogen and oxygen atoms in total. The fraction of sp³-hybridized carbons (Fsp3) is 0.421. The first-order chi connectivity index (χ1) is 14.9. The molecular weight excluding hydrogens is 424 g/mol. The fourth-order valence-corrected chi connectivity index (χ4v) is 4.81. The highest BCUT2D eigenvalue weighted by molar-refractivity contribution is 7.14. The molecule has 1 fully saturated rings. The molecule has 4 amide bonds. The highest BCUT2D eigenvalue weighted by Crippen LogP contribution is 2.34. The lowest BCUT2D eigenvalue weighted by Gasteiger charge is -2.29. The van der Waals surface area contributed by atoms with Crippen LogP contribution in [0.25, 0.3) is 10.7 Å². The molecule has 2 aromatic heterocycles. The number of imide groups is 2. The lowest BCUT2D eigenvalue weighted by Crippen LogP contribution is -2.55. The van der Waals surface area contributed by atoms with E-state index in [4.69, 9.17) is 4.52 Å². The monoisotopic (exact) mass is 442 g/mol. The summed E-state index contributed by atoms with van der Waals surface area (Å²) >= 11 is 1.45. The molecule has 3 aliphatic rings. The van der Waals surface area contributed by atoms with Crippen molar-refractivity contribution in [1.29, 1.82) is 0 Å². The molecule has 160 valence electrons. The lowest BCUT2D eigenvalue weighted by atomic mass is 10.0. The molecule has 3 aliphatic heterocycles. The largest absolute Gasteiger partial charge is 0.357 e. The van der Waals surface area contributed by atoms with Crippen LogP contribution in [0.15, 0.2) is 22.0 Å².